The van der Waals surface area contributed by atoms with Crippen molar-refractivity contribution in [2.45, 2.75) is 39.0 Å². The van der Waals surface area contributed by atoms with Crippen molar-refractivity contribution >= 4 is 23.2 Å². The third-order valence-electron chi connectivity index (χ3n) is 5.20. The number of carboxylic acid groups (broad SMARTS) is 1. The Morgan fingerprint density at radius 3 is 2.54 bits per heavy atom. The Kier molecular flexibility index (Phi) is 5.77. The standard InChI is InChI=1S/C21H25NO3S/c1-14-11-17(15(2)26-14)9-6-10-20(23)22-12-18(19(13-22)21(24)25)16-7-4-3-5-8-16/h3-5,7-8,11,18-19H,6,9-10,12-13H2,1-2H3,(H,24,25). The fourth-order valence-corrected chi connectivity index (χ4v) is 4.79. The number of carbonyl (C=O) groups excluding carboxylic acids is 1. The first kappa shape index (κ1) is 18.6. The summed E-state index contributed by atoms with van der Waals surface area (Å²) in [5.74, 6) is -1.40. The zero-order chi connectivity index (χ0) is 18.7. The maximum absolute atomic E-state index is 12.6. The molecule has 1 N–H and O–H groups in total. The molecule has 1 fully saturated rings. The first-order valence-electron chi connectivity index (χ1n) is 9.07. The van der Waals surface area contributed by atoms with Crippen LogP contribution in [-0.4, -0.2) is 35.0 Å². The number of hydrogen-bond donors (Lipinski definition) is 1. The van der Waals surface area contributed by atoms with Gasteiger partial charge in [-0.15, -0.1) is 11.3 Å². The average Bonchev–Trinajstić information content (AvgIpc) is 3.19. The van der Waals surface area contributed by atoms with Crippen LogP contribution in [0.5, 0.6) is 0 Å². The fourth-order valence-electron chi connectivity index (χ4n) is 3.82. The van der Waals surface area contributed by atoms with Crippen molar-refractivity contribution < 1.29 is 14.7 Å². The van der Waals surface area contributed by atoms with Gasteiger partial charge in [-0.25, -0.2) is 0 Å². The number of amides is 1. The van der Waals surface area contributed by atoms with E-state index in [9.17, 15) is 14.7 Å². The predicted molar refractivity (Wildman–Crippen MR) is 104 cm³/mol. The number of thiophene rings is 1. The van der Waals surface area contributed by atoms with Gasteiger partial charge >= 0.3 is 5.97 Å². The molecule has 2 unspecified atom stereocenters. The number of rotatable bonds is 6. The van der Waals surface area contributed by atoms with Crippen LogP contribution in [0, 0.1) is 19.8 Å². The molecular formula is C21H25NO3S. The topological polar surface area (TPSA) is 57.6 Å². The van der Waals surface area contributed by atoms with Crippen LogP contribution in [0.4, 0.5) is 0 Å². The highest BCUT2D eigenvalue weighted by atomic mass is 32.1. The van der Waals surface area contributed by atoms with Crippen LogP contribution in [0.3, 0.4) is 0 Å². The van der Waals surface area contributed by atoms with E-state index in [-0.39, 0.29) is 11.8 Å². The molecule has 0 bridgehead atoms. The molecule has 1 saturated heterocycles. The quantitative estimate of drug-likeness (QED) is 0.834. The van der Waals surface area contributed by atoms with E-state index in [1.807, 2.05) is 30.3 Å². The summed E-state index contributed by atoms with van der Waals surface area (Å²) in [7, 11) is 0. The lowest BCUT2D eigenvalue weighted by Gasteiger charge is -2.16. The molecule has 0 radical (unpaired) electrons. The summed E-state index contributed by atoms with van der Waals surface area (Å²) in [5, 5.41) is 9.57. The van der Waals surface area contributed by atoms with Gasteiger partial charge in [0, 0.05) is 35.2 Å². The average molecular weight is 372 g/mol. The molecule has 1 aromatic carbocycles. The number of aliphatic carboxylic acids is 1. The largest absolute Gasteiger partial charge is 0.481 e. The maximum Gasteiger partial charge on any atom is 0.308 e. The molecule has 2 heterocycles. The van der Waals surface area contributed by atoms with Crippen LogP contribution < -0.4 is 0 Å². The molecule has 2 atom stereocenters. The Bertz CT molecular complexity index is 784. The second-order valence-electron chi connectivity index (χ2n) is 7.05. The highest BCUT2D eigenvalue weighted by Crippen LogP contribution is 2.33. The summed E-state index contributed by atoms with van der Waals surface area (Å²) in [5.41, 5.74) is 2.33. The first-order valence-corrected chi connectivity index (χ1v) is 9.88. The third-order valence-corrected chi connectivity index (χ3v) is 6.21. The second kappa shape index (κ2) is 8.04. The van der Waals surface area contributed by atoms with Gasteiger partial charge in [-0.1, -0.05) is 30.3 Å². The summed E-state index contributed by atoms with van der Waals surface area (Å²) in [6.07, 6.45) is 2.18. The fraction of sp³-hybridized carbons (Fsp3) is 0.429. The van der Waals surface area contributed by atoms with Crippen LogP contribution >= 0.6 is 11.3 Å². The monoisotopic (exact) mass is 371 g/mol. The van der Waals surface area contributed by atoms with Gasteiger partial charge in [0.25, 0.3) is 0 Å². The lowest BCUT2D eigenvalue weighted by molar-refractivity contribution is -0.141. The van der Waals surface area contributed by atoms with Crippen LogP contribution in [0.1, 0.15) is 39.6 Å². The van der Waals surface area contributed by atoms with E-state index in [0.717, 1.165) is 18.4 Å². The van der Waals surface area contributed by atoms with Crippen molar-refractivity contribution in [1.82, 2.24) is 4.90 Å². The van der Waals surface area contributed by atoms with E-state index >= 15 is 0 Å². The van der Waals surface area contributed by atoms with Crippen molar-refractivity contribution in [2.24, 2.45) is 5.92 Å². The van der Waals surface area contributed by atoms with Crippen molar-refractivity contribution in [2.75, 3.05) is 13.1 Å². The van der Waals surface area contributed by atoms with E-state index in [2.05, 4.69) is 19.9 Å². The van der Waals surface area contributed by atoms with Gasteiger partial charge in [0.2, 0.25) is 5.91 Å². The minimum Gasteiger partial charge on any atom is -0.481 e. The van der Waals surface area contributed by atoms with Crippen LogP contribution in [0.15, 0.2) is 36.4 Å². The highest BCUT2D eigenvalue weighted by molar-refractivity contribution is 7.12. The molecular weight excluding hydrogens is 346 g/mol. The van der Waals surface area contributed by atoms with Crippen molar-refractivity contribution in [1.29, 1.82) is 0 Å². The summed E-state index contributed by atoms with van der Waals surface area (Å²) in [4.78, 5) is 28.6. The van der Waals surface area contributed by atoms with Gasteiger partial charge in [-0.2, -0.15) is 0 Å². The Morgan fingerprint density at radius 1 is 1.19 bits per heavy atom. The van der Waals surface area contributed by atoms with Crippen LogP contribution in [-0.2, 0) is 16.0 Å². The molecule has 0 spiro atoms. The van der Waals surface area contributed by atoms with Crippen LogP contribution in [0.2, 0.25) is 0 Å². The molecule has 1 amide bonds. The van der Waals surface area contributed by atoms with Gasteiger partial charge in [0.1, 0.15) is 0 Å². The lowest BCUT2D eigenvalue weighted by Crippen LogP contribution is -2.29. The molecule has 3 rings (SSSR count). The molecule has 5 heteroatoms. The molecule has 26 heavy (non-hydrogen) atoms. The predicted octanol–water partition coefficient (Wildman–Crippen LogP) is 4.01. The Labute approximate surface area is 158 Å². The molecule has 1 aliphatic heterocycles. The van der Waals surface area contributed by atoms with E-state index in [1.54, 1.807) is 16.2 Å². The number of carbonyl (C=O) groups is 2. The van der Waals surface area contributed by atoms with E-state index in [1.165, 1.54) is 15.3 Å². The number of likely N-dealkylation sites (tertiary alicyclic amines) is 1. The Hall–Kier alpha value is -2.14. The van der Waals surface area contributed by atoms with Crippen molar-refractivity contribution in [3.05, 3.63) is 57.3 Å². The van der Waals surface area contributed by atoms with Crippen molar-refractivity contribution in [3.8, 4) is 0 Å². The minimum absolute atomic E-state index is 0.0688. The molecule has 1 aromatic heterocycles. The van der Waals surface area contributed by atoms with Gasteiger partial charge in [-0.3, -0.25) is 9.59 Å². The van der Waals surface area contributed by atoms with E-state index < -0.39 is 11.9 Å². The maximum atomic E-state index is 12.6. The summed E-state index contributed by atoms with van der Waals surface area (Å²) >= 11 is 1.79. The van der Waals surface area contributed by atoms with Gasteiger partial charge in [-0.05, 0) is 43.9 Å². The smallest absolute Gasteiger partial charge is 0.308 e. The molecule has 2 aromatic rings. The molecule has 1 aliphatic rings. The summed E-state index contributed by atoms with van der Waals surface area (Å²) in [6, 6.07) is 11.9. The summed E-state index contributed by atoms with van der Waals surface area (Å²) < 4.78 is 0. The highest BCUT2D eigenvalue weighted by Gasteiger charge is 2.40. The molecule has 0 aliphatic carbocycles. The van der Waals surface area contributed by atoms with Crippen LogP contribution in [0.25, 0.3) is 0 Å². The van der Waals surface area contributed by atoms with Gasteiger partial charge < -0.3 is 10.0 Å². The van der Waals surface area contributed by atoms with E-state index in [0.29, 0.717) is 19.5 Å². The minimum atomic E-state index is -0.821. The second-order valence-corrected chi connectivity index (χ2v) is 8.51. The SMILES string of the molecule is Cc1cc(CCCC(=O)N2CC(C(=O)O)C(c3ccccc3)C2)c(C)s1. The van der Waals surface area contributed by atoms with Crippen molar-refractivity contribution in [3.63, 3.8) is 0 Å². The Morgan fingerprint density at radius 2 is 1.92 bits per heavy atom. The molecule has 138 valence electrons. The zero-order valence-electron chi connectivity index (χ0n) is 15.3. The van der Waals surface area contributed by atoms with Gasteiger partial charge in [0.15, 0.2) is 0 Å². The first-order chi connectivity index (χ1) is 12.5. The molecule has 4 nitrogen and oxygen atoms in total. The summed E-state index contributed by atoms with van der Waals surface area (Å²) in [6.45, 7) is 5.03. The normalized spacial score (nSPS) is 19.7. The number of aryl methyl sites for hydroxylation is 3. The molecule has 0 saturated carbocycles. The van der Waals surface area contributed by atoms with E-state index in [4.69, 9.17) is 0 Å². The Balaban J connectivity index is 1.59. The number of nitrogens with zero attached hydrogens (tertiary/aromatic N) is 1. The zero-order valence-corrected chi connectivity index (χ0v) is 16.1. The number of carboxylic acids is 1. The number of benzene rings is 1. The lowest BCUT2D eigenvalue weighted by atomic mass is 9.89. The number of hydrogen-bond acceptors (Lipinski definition) is 3. The van der Waals surface area contributed by atoms with Gasteiger partial charge in [0.05, 0.1) is 5.92 Å². The third kappa shape index (κ3) is 4.15.